The number of fused-ring (bicyclic) bond motifs is 3. The quantitative estimate of drug-likeness (QED) is 0.412. The van der Waals surface area contributed by atoms with Crippen LogP contribution in [0.2, 0.25) is 5.02 Å². The van der Waals surface area contributed by atoms with Gasteiger partial charge in [0.15, 0.2) is 6.73 Å². The molecule has 0 bridgehead atoms. The molecule has 0 amide bonds. The maximum Gasteiger partial charge on any atom is 0.336 e. The first-order valence-electron chi connectivity index (χ1n) is 9.50. The van der Waals surface area contributed by atoms with Gasteiger partial charge in [0.25, 0.3) is 0 Å². The number of benzene rings is 3. The minimum atomic E-state index is -0.389. The van der Waals surface area contributed by atoms with E-state index in [1.54, 1.807) is 7.11 Å². The predicted octanol–water partition coefficient (Wildman–Crippen LogP) is 5.48. The van der Waals surface area contributed by atoms with Crippen molar-refractivity contribution in [2.24, 2.45) is 0 Å². The first-order chi connectivity index (χ1) is 14.6. The molecule has 150 valence electrons. The lowest BCUT2D eigenvalue weighted by Crippen LogP contribution is -2.32. The van der Waals surface area contributed by atoms with Gasteiger partial charge in [-0.05, 0) is 41.5 Å². The molecule has 0 unspecified atom stereocenters. The molecule has 6 heteroatoms. The fraction of sp³-hybridized carbons (Fsp3) is 0.125. The monoisotopic (exact) mass is 419 g/mol. The fourth-order valence-electron chi connectivity index (χ4n) is 3.81. The number of rotatable bonds is 3. The van der Waals surface area contributed by atoms with Crippen molar-refractivity contribution >= 4 is 28.3 Å². The summed E-state index contributed by atoms with van der Waals surface area (Å²) < 4.78 is 16.9. The van der Waals surface area contributed by atoms with Crippen molar-refractivity contribution in [3.05, 3.63) is 87.7 Å². The highest BCUT2D eigenvalue weighted by Gasteiger charge is 2.23. The number of methoxy groups -OCH3 is 1. The lowest BCUT2D eigenvalue weighted by atomic mass is 9.99. The highest BCUT2D eigenvalue weighted by molar-refractivity contribution is 6.32. The first-order valence-corrected chi connectivity index (χ1v) is 9.88. The minimum absolute atomic E-state index is 0.365. The van der Waals surface area contributed by atoms with Crippen LogP contribution >= 0.6 is 11.6 Å². The zero-order valence-corrected chi connectivity index (χ0v) is 17.0. The molecule has 1 aromatic heterocycles. The molecule has 5 rings (SSSR count). The molecule has 30 heavy (non-hydrogen) atoms. The van der Waals surface area contributed by atoms with E-state index in [1.165, 1.54) is 6.07 Å². The van der Waals surface area contributed by atoms with E-state index in [2.05, 4.69) is 0 Å². The lowest BCUT2D eigenvalue weighted by Gasteiger charge is -2.31. The molecule has 0 spiro atoms. The summed E-state index contributed by atoms with van der Waals surface area (Å²) in [5.74, 6) is 1.33. The molecule has 0 fully saturated rings. The second kappa shape index (κ2) is 7.43. The highest BCUT2D eigenvalue weighted by atomic mass is 35.5. The number of hydrogen-bond acceptors (Lipinski definition) is 5. The normalized spacial score (nSPS) is 13.1. The van der Waals surface area contributed by atoms with Gasteiger partial charge in [0.1, 0.15) is 17.1 Å². The largest absolute Gasteiger partial charge is 0.495 e. The molecule has 0 radical (unpaired) electrons. The Morgan fingerprint density at radius 1 is 1.03 bits per heavy atom. The minimum Gasteiger partial charge on any atom is -0.495 e. The SMILES string of the molecule is COc1ccc(N2COc3ccc4c(-c5ccccc5)cc(=O)oc4c3C2)cc1Cl. The zero-order valence-electron chi connectivity index (χ0n) is 16.2. The Morgan fingerprint density at radius 2 is 1.87 bits per heavy atom. The van der Waals surface area contributed by atoms with Crippen molar-refractivity contribution in [2.75, 3.05) is 18.7 Å². The Morgan fingerprint density at radius 3 is 2.63 bits per heavy atom. The van der Waals surface area contributed by atoms with Gasteiger partial charge in [0.2, 0.25) is 0 Å². The fourth-order valence-corrected chi connectivity index (χ4v) is 4.06. The van der Waals surface area contributed by atoms with Gasteiger partial charge in [-0.3, -0.25) is 0 Å². The van der Waals surface area contributed by atoms with Crippen LogP contribution in [-0.4, -0.2) is 13.8 Å². The van der Waals surface area contributed by atoms with E-state index in [-0.39, 0.29) is 5.63 Å². The van der Waals surface area contributed by atoms with Crippen LogP contribution in [0.25, 0.3) is 22.1 Å². The second-order valence-electron chi connectivity index (χ2n) is 7.05. The third-order valence-corrected chi connectivity index (χ3v) is 5.58. The van der Waals surface area contributed by atoms with Crippen molar-refractivity contribution in [2.45, 2.75) is 6.54 Å². The molecule has 0 N–H and O–H groups in total. The molecule has 3 aromatic carbocycles. The Labute approximate surface area is 178 Å². The van der Waals surface area contributed by atoms with Crippen molar-refractivity contribution in [1.29, 1.82) is 0 Å². The molecule has 2 heterocycles. The predicted molar refractivity (Wildman–Crippen MR) is 118 cm³/mol. The molecular weight excluding hydrogens is 402 g/mol. The average Bonchev–Trinajstić information content (AvgIpc) is 2.78. The van der Waals surface area contributed by atoms with Crippen LogP contribution in [0, 0.1) is 0 Å². The Bertz CT molecular complexity index is 1300. The summed E-state index contributed by atoms with van der Waals surface area (Å²) >= 11 is 6.30. The van der Waals surface area contributed by atoms with Crippen LogP contribution < -0.4 is 20.0 Å². The van der Waals surface area contributed by atoms with E-state index in [1.807, 2.05) is 65.6 Å². The first kappa shape index (κ1) is 18.6. The molecule has 0 saturated heterocycles. The summed E-state index contributed by atoms with van der Waals surface area (Å²) in [6.07, 6.45) is 0. The standard InChI is InChI=1S/C24H18ClNO4/c1-28-22-9-7-16(11-20(22)25)26-13-19-21(29-14-26)10-8-17-18(12-23(27)30-24(17)19)15-5-3-2-4-6-15/h2-12H,13-14H2,1H3. The van der Waals surface area contributed by atoms with Crippen LogP contribution in [0.5, 0.6) is 11.5 Å². The average molecular weight is 420 g/mol. The zero-order chi connectivity index (χ0) is 20.7. The third-order valence-electron chi connectivity index (χ3n) is 5.28. The summed E-state index contributed by atoms with van der Waals surface area (Å²) in [6, 6.07) is 20.8. The van der Waals surface area contributed by atoms with Gasteiger partial charge in [-0.15, -0.1) is 0 Å². The maximum atomic E-state index is 12.4. The summed E-state index contributed by atoms with van der Waals surface area (Å²) in [6.45, 7) is 0.889. The molecule has 1 aliphatic heterocycles. The molecule has 0 aliphatic carbocycles. The number of anilines is 1. The number of hydrogen-bond donors (Lipinski definition) is 0. The van der Waals surface area contributed by atoms with Crippen molar-refractivity contribution in [1.82, 2.24) is 0 Å². The van der Waals surface area contributed by atoms with E-state index < -0.39 is 0 Å². The van der Waals surface area contributed by atoms with E-state index in [0.29, 0.717) is 35.4 Å². The Hall–Kier alpha value is -3.44. The van der Waals surface area contributed by atoms with Gasteiger partial charge in [0.05, 0.1) is 24.2 Å². The molecule has 0 atom stereocenters. The van der Waals surface area contributed by atoms with E-state index in [0.717, 1.165) is 27.8 Å². The van der Waals surface area contributed by atoms with Crippen LogP contribution in [0.15, 0.2) is 75.9 Å². The van der Waals surface area contributed by atoms with Gasteiger partial charge in [-0.25, -0.2) is 4.79 Å². The van der Waals surface area contributed by atoms with Crippen LogP contribution in [-0.2, 0) is 6.54 Å². The van der Waals surface area contributed by atoms with Crippen LogP contribution in [0.1, 0.15) is 5.56 Å². The summed E-state index contributed by atoms with van der Waals surface area (Å²) in [5.41, 5.74) is 3.69. The van der Waals surface area contributed by atoms with Gasteiger partial charge >= 0.3 is 5.63 Å². The van der Waals surface area contributed by atoms with Gasteiger partial charge in [-0.1, -0.05) is 41.9 Å². The summed E-state index contributed by atoms with van der Waals surface area (Å²) in [5, 5.41) is 1.40. The number of halogens is 1. The van der Waals surface area contributed by atoms with Crippen molar-refractivity contribution in [3.8, 4) is 22.6 Å². The van der Waals surface area contributed by atoms with Crippen LogP contribution in [0.3, 0.4) is 0 Å². The van der Waals surface area contributed by atoms with Crippen molar-refractivity contribution in [3.63, 3.8) is 0 Å². The molecule has 5 nitrogen and oxygen atoms in total. The Balaban J connectivity index is 1.62. The number of nitrogens with zero attached hydrogens (tertiary/aromatic N) is 1. The molecule has 1 aliphatic rings. The van der Waals surface area contributed by atoms with Gasteiger partial charge in [0, 0.05) is 17.1 Å². The summed E-state index contributed by atoms with van der Waals surface area (Å²) in [4.78, 5) is 14.4. The maximum absolute atomic E-state index is 12.4. The highest BCUT2D eigenvalue weighted by Crippen LogP contribution is 2.38. The Kier molecular flexibility index (Phi) is 4.60. The van der Waals surface area contributed by atoms with Crippen molar-refractivity contribution < 1.29 is 13.9 Å². The topological polar surface area (TPSA) is 51.9 Å². The third kappa shape index (κ3) is 3.17. The van der Waals surface area contributed by atoms with Gasteiger partial charge in [-0.2, -0.15) is 0 Å². The smallest absolute Gasteiger partial charge is 0.336 e. The molecule has 4 aromatic rings. The molecule has 0 saturated carbocycles. The van der Waals surface area contributed by atoms with E-state index in [9.17, 15) is 4.79 Å². The second-order valence-corrected chi connectivity index (χ2v) is 7.46. The van der Waals surface area contributed by atoms with Crippen LogP contribution in [0.4, 0.5) is 5.69 Å². The van der Waals surface area contributed by atoms with E-state index in [4.69, 9.17) is 25.5 Å². The van der Waals surface area contributed by atoms with E-state index >= 15 is 0 Å². The lowest BCUT2D eigenvalue weighted by molar-refractivity contribution is 0.289. The number of ether oxygens (including phenoxy) is 2. The summed E-state index contributed by atoms with van der Waals surface area (Å²) in [7, 11) is 1.58. The molecular formula is C24H18ClNO4. The van der Waals surface area contributed by atoms with Gasteiger partial charge < -0.3 is 18.8 Å².